The molecule has 1 aliphatic rings. The van der Waals surface area contributed by atoms with Crippen molar-refractivity contribution < 1.29 is 5.11 Å². The molecular formula is C23H20BrClN2O. The van der Waals surface area contributed by atoms with Gasteiger partial charge in [-0.05, 0) is 36.8 Å². The molecule has 3 aromatic rings. The third kappa shape index (κ3) is 4.00. The van der Waals surface area contributed by atoms with E-state index in [1.54, 1.807) is 6.07 Å². The van der Waals surface area contributed by atoms with E-state index in [9.17, 15) is 5.11 Å². The van der Waals surface area contributed by atoms with Gasteiger partial charge in [0.25, 0.3) is 0 Å². The summed E-state index contributed by atoms with van der Waals surface area (Å²) >= 11 is 9.97. The Balaban J connectivity index is 1.79. The van der Waals surface area contributed by atoms with E-state index >= 15 is 0 Å². The first-order chi connectivity index (χ1) is 13.5. The van der Waals surface area contributed by atoms with Gasteiger partial charge in [0.15, 0.2) is 0 Å². The third-order valence-electron chi connectivity index (χ3n) is 4.99. The van der Waals surface area contributed by atoms with E-state index in [2.05, 4.69) is 52.4 Å². The monoisotopic (exact) mass is 454 g/mol. The second-order valence-corrected chi connectivity index (χ2v) is 8.32. The molecule has 1 aliphatic heterocycles. The van der Waals surface area contributed by atoms with Gasteiger partial charge in [-0.2, -0.15) is 0 Å². The minimum Gasteiger partial charge on any atom is -0.508 e. The molecule has 0 bridgehead atoms. The molecule has 0 aliphatic carbocycles. The molecule has 3 aromatic carbocycles. The Morgan fingerprint density at radius 3 is 2.54 bits per heavy atom. The number of phenolic OH excluding ortho intramolecular Hbond substituents is 1. The smallest absolute Gasteiger partial charge is 0.127 e. The number of aliphatic imine (C=N–C) groups is 1. The number of halogens is 2. The Morgan fingerprint density at radius 1 is 1.04 bits per heavy atom. The summed E-state index contributed by atoms with van der Waals surface area (Å²) < 4.78 is 0.927. The first-order valence-corrected chi connectivity index (χ1v) is 10.3. The van der Waals surface area contributed by atoms with Crippen molar-refractivity contribution in [1.82, 2.24) is 5.32 Å². The second kappa shape index (κ2) is 8.08. The normalized spacial score (nSPS) is 19.3. The van der Waals surface area contributed by atoms with E-state index in [4.69, 9.17) is 16.6 Å². The van der Waals surface area contributed by atoms with Crippen LogP contribution in [-0.2, 0) is 0 Å². The van der Waals surface area contributed by atoms with E-state index in [1.807, 2.05) is 36.4 Å². The van der Waals surface area contributed by atoms with Gasteiger partial charge in [0.1, 0.15) is 11.9 Å². The Kier molecular flexibility index (Phi) is 5.54. The van der Waals surface area contributed by atoms with Crippen LogP contribution >= 0.6 is 27.5 Å². The number of benzene rings is 3. The van der Waals surface area contributed by atoms with Crippen LogP contribution < -0.4 is 5.32 Å². The number of phenols is 1. The van der Waals surface area contributed by atoms with Crippen molar-refractivity contribution in [3.05, 3.63) is 98.5 Å². The largest absolute Gasteiger partial charge is 0.508 e. The van der Waals surface area contributed by atoms with E-state index in [1.165, 1.54) is 5.56 Å². The van der Waals surface area contributed by atoms with Crippen LogP contribution in [0.2, 0.25) is 5.02 Å². The average molecular weight is 456 g/mol. The first-order valence-electron chi connectivity index (χ1n) is 9.14. The van der Waals surface area contributed by atoms with Crippen LogP contribution in [-0.4, -0.2) is 10.8 Å². The number of hydrogen-bond acceptors (Lipinski definition) is 3. The summed E-state index contributed by atoms with van der Waals surface area (Å²) in [5, 5.41) is 14.7. The molecule has 0 fully saturated rings. The number of aryl methyl sites for hydroxylation is 1. The van der Waals surface area contributed by atoms with Crippen molar-refractivity contribution in [1.29, 1.82) is 0 Å². The van der Waals surface area contributed by atoms with Crippen molar-refractivity contribution >= 4 is 33.2 Å². The summed E-state index contributed by atoms with van der Waals surface area (Å²) in [5.41, 5.74) is 5.05. The number of nitrogens with zero attached hydrogens (tertiary/aromatic N) is 1. The highest BCUT2D eigenvalue weighted by atomic mass is 79.9. The lowest BCUT2D eigenvalue weighted by Gasteiger charge is -2.31. The highest BCUT2D eigenvalue weighted by Crippen LogP contribution is 2.37. The summed E-state index contributed by atoms with van der Waals surface area (Å²) in [6.45, 7) is 2.07. The van der Waals surface area contributed by atoms with Crippen LogP contribution in [0.5, 0.6) is 5.75 Å². The average Bonchev–Trinajstić information content (AvgIpc) is 2.70. The fourth-order valence-electron chi connectivity index (χ4n) is 3.49. The van der Waals surface area contributed by atoms with Crippen molar-refractivity contribution in [2.24, 2.45) is 4.99 Å². The van der Waals surface area contributed by atoms with Crippen molar-refractivity contribution in [2.45, 2.75) is 25.6 Å². The van der Waals surface area contributed by atoms with Gasteiger partial charge in [-0.25, -0.2) is 0 Å². The van der Waals surface area contributed by atoms with Crippen LogP contribution in [0, 0.1) is 6.92 Å². The molecule has 0 spiro atoms. The maximum atomic E-state index is 10.5. The van der Waals surface area contributed by atoms with E-state index in [0.717, 1.165) is 26.9 Å². The highest BCUT2D eigenvalue weighted by Gasteiger charge is 2.28. The van der Waals surface area contributed by atoms with Gasteiger partial charge in [0.2, 0.25) is 0 Å². The van der Waals surface area contributed by atoms with Gasteiger partial charge in [0.05, 0.1) is 0 Å². The zero-order valence-electron chi connectivity index (χ0n) is 15.4. The molecule has 0 unspecified atom stereocenters. The molecule has 0 radical (unpaired) electrons. The Morgan fingerprint density at radius 2 is 1.79 bits per heavy atom. The molecule has 4 rings (SSSR count). The van der Waals surface area contributed by atoms with Crippen LogP contribution in [0.1, 0.15) is 40.9 Å². The van der Waals surface area contributed by atoms with Crippen molar-refractivity contribution in [3.8, 4) is 5.75 Å². The summed E-state index contributed by atoms with van der Waals surface area (Å²) in [7, 11) is 0. The van der Waals surface area contributed by atoms with Gasteiger partial charge in [-0.3, -0.25) is 10.3 Å². The van der Waals surface area contributed by atoms with Gasteiger partial charge < -0.3 is 5.11 Å². The number of rotatable bonds is 3. The fraction of sp³-hybridized carbons (Fsp3) is 0.174. The third-order valence-corrected chi connectivity index (χ3v) is 5.83. The quantitative estimate of drug-likeness (QED) is 0.484. The summed E-state index contributed by atoms with van der Waals surface area (Å²) in [6, 6.07) is 21.5. The molecule has 5 heteroatoms. The molecule has 2 atom stereocenters. The van der Waals surface area contributed by atoms with Crippen LogP contribution in [0.3, 0.4) is 0 Å². The summed E-state index contributed by atoms with van der Waals surface area (Å²) in [4.78, 5) is 4.97. The molecule has 0 saturated heterocycles. The lowest BCUT2D eigenvalue weighted by Crippen LogP contribution is -2.33. The molecule has 2 N–H and O–H groups in total. The maximum absolute atomic E-state index is 10.5. The number of nitrogens with one attached hydrogen (secondary N) is 1. The summed E-state index contributed by atoms with van der Waals surface area (Å²) in [6.07, 6.45) is 0.385. The van der Waals surface area contributed by atoms with Gasteiger partial charge >= 0.3 is 0 Å². The number of hydrogen-bond donors (Lipinski definition) is 2. The number of aromatic hydroxyl groups is 1. The fourth-order valence-corrected chi connectivity index (χ4v) is 4.11. The van der Waals surface area contributed by atoms with Gasteiger partial charge in [0, 0.05) is 38.8 Å². The molecule has 3 nitrogen and oxygen atoms in total. The lowest BCUT2D eigenvalue weighted by molar-refractivity contribution is 0.412. The zero-order valence-corrected chi connectivity index (χ0v) is 17.7. The predicted molar refractivity (Wildman–Crippen MR) is 118 cm³/mol. The second-order valence-electron chi connectivity index (χ2n) is 6.99. The standard InChI is InChI=1S/C23H20BrClN2O/c1-14-6-8-15(9-7-14)20-13-21(18-12-16(24)10-11-22(18)28)27-23(26-20)17-4-2-3-5-19(17)25/h2-12,21,23,27-28H,13H2,1H3/t21-,23-/m0/s1. The molecule has 0 aromatic heterocycles. The van der Waals surface area contributed by atoms with Crippen LogP contribution in [0.25, 0.3) is 0 Å². The highest BCUT2D eigenvalue weighted by molar-refractivity contribution is 9.10. The van der Waals surface area contributed by atoms with Crippen molar-refractivity contribution in [3.63, 3.8) is 0 Å². The van der Waals surface area contributed by atoms with Gasteiger partial charge in [-0.15, -0.1) is 0 Å². The Labute approximate surface area is 178 Å². The van der Waals surface area contributed by atoms with E-state index < -0.39 is 0 Å². The molecule has 28 heavy (non-hydrogen) atoms. The SMILES string of the molecule is Cc1ccc(C2=N[C@H](c3ccccc3Cl)N[C@H](c3cc(Br)ccc3O)C2)cc1. The topological polar surface area (TPSA) is 44.6 Å². The van der Waals surface area contributed by atoms with E-state index in [0.29, 0.717) is 11.4 Å². The summed E-state index contributed by atoms with van der Waals surface area (Å²) in [5.74, 6) is 0.267. The first kappa shape index (κ1) is 19.2. The molecule has 1 heterocycles. The molecular weight excluding hydrogens is 436 g/mol. The zero-order chi connectivity index (χ0) is 19.7. The molecule has 0 amide bonds. The lowest BCUT2D eigenvalue weighted by atomic mass is 9.93. The minimum absolute atomic E-state index is 0.0902. The van der Waals surface area contributed by atoms with Crippen molar-refractivity contribution in [2.75, 3.05) is 0 Å². The maximum Gasteiger partial charge on any atom is 0.127 e. The predicted octanol–water partition coefficient (Wildman–Crippen LogP) is 6.34. The Bertz CT molecular complexity index is 1030. The minimum atomic E-state index is -0.290. The van der Waals surface area contributed by atoms with Crippen LogP contribution in [0.4, 0.5) is 0 Å². The van der Waals surface area contributed by atoms with E-state index in [-0.39, 0.29) is 18.0 Å². The van der Waals surface area contributed by atoms with Gasteiger partial charge in [-0.1, -0.05) is 75.6 Å². The Hall–Kier alpha value is -2.14. The van der Waals surface area contributed by atoms with Crippen LogP contribution in [0.15, 0.2) is 76.2 Å². The molecule has 0 saturated carbocycles. The molecule has 142 valence electrons.